The second-order valence-corrected chi connectivity index (χ2v) is 3.16. The van der Waals surface area contributed by atoms with Crippen LogP contribution in [-0.2, 0) is 12.3 Å². The highest BCUT2D eigenvalue weighted by Gasteiger charge is 2.02. The van der Waals surface area contributed by atoms with Gasteiger partial charge in [0.25, 0.3) is 0 Å². The van der Waals surface area contributed by atoms with Gasteiger partial charge in [0.2, 0.25) is 0 Å². The number of nitrogens with zero attached hydrogens (tertiary/aromatic N) is 2. The van der Waals surface area contributed by atoms with Crippen LogP contribution in [0.1, 0.15) is 23.1 Å². The molecule has 0 bridgehead atoms. The van der Waals surface area contributed by atoms with Gasteiger partial charge in [-0.15, -0.1) is 11.6 Å². The third-order valence-electron chi connectivity index (χ3n) is 1.96. The summed E-state index contributed by atoms with van der Waals surface area (Å²) in [6.45, 7) is 0. The van der Waals surface area contributed by atoms with Crippen LogP contribution in [0.15, 0.2) is 18.2 Å². The molecule has 0 N–H and O–H groups in total. The summed E-state index contributed by atoms with van der Waals surface area (Å²) in [6.07, 6.45) is 1.07. The van der Waals surface area contributed by atoms with Crippen molar-refractivity contribution in [3.63, 3.8) is 0 Å². The predicted octanol–water partition coefficient (Wildman–Crippen LogP) is 2.75. The Labute approximate surface area is 88.3 Å². The summed E-state index contributed by atoms with van der Waals surface area (Å²) in [5.74, 6) is 0.410. The average molecular weight is 205 g/mol. The second-order valence-electron chi connectivity index (χ2n) is 2.90. The summed E-state index contributed by atoms with van der Waals surface area (Å²) < 4.78 is 0. The topological polar surface area (TPSA) is 47.6 Å². The van der Waals surface area contributed by atoms with Crippen LogP contribution in [0, 0.1) is 22.7 Å². The molecule has 1 aromatic rings. The first kappa shape index (κ1) is 10.6. The van der Waals surface area contributed by atoms with Crippen molar-refractivity contribution in [3.05, 3.63) is 34.9 Å². The zero-order valence-corrected chi connectivity index (χ0v) is 8.38. The van der Waals surface area contributed by atoms with E-state index in [9.17, 15) is 0 Å². The van der Waals surface area contributed by atoms with Crippen molar-refractivity contribution >= 4 is 11.6 Å². The highest BCUT2D eigenvalue weighted by atomic mass is 35.5. The third-order valence-corrected chi connectivity index (χ3v) is 2.26. The molecule has 0 heterocycles. The Kier molecular flexibility index (Phi) is 3.98. The Morgan fingerprint density at radius 3 is 2.64 bits per heavy atom. The van der Waals surface area contributed by atoms with E-state index in [1.807, 2.05) is 12.1 Å². The number of hydrogen-bond donors (Lipinski definition) is 0. The lowest BCUT2D eigenvalue weighted by Crippen LogP contribution is -1.91. The molecule has 2 nitrogen and oxygen atoms in total. The van der Waals surface area contributed by atoms with Crippen molar-refractivity contribution in [2.24, 2.45) is 0 Å². The van der Waals surface area contributed by atoms with Crippen molar-refractivity contribution in [1.82, 2.24) is 0 Å². The summed E-state index contributed by atoms with van der Waals surface area (Å²) >= 11 is 5.65. The van der Waals surface area contributed by atoms with E-state index in [2.05, 4.69) is 12.1 Å². The van der Waals surface area contributed by atoms with Gasteiger partial charge < -0.3 is 0 Å². The molecular weight excluding hydrogens is 196 g/mol. The van der Waals surface area contributed by atoms with Gasteiger partial charge in [0.15, 0.2) is 0 Å². The van der Waals surface area contributed by atoms with Gasteiger partial charge in [-0.05, 0) is 23.6 Å². The lowest BCUT2D eigenvalue weighted by Gasteiger charge is -2.02. The summed E-state index contributed by atoms with van der Waals surface area (Å²) in [5.41, 5.74) is 2.48. The van der Waals surface area contributed by atoms with E-state index >= 15 is 0 Å². The Hall–Kier alpha value is -1.51. The molecule has 3 heteroatoms. The van der Waals surface area contributed by atoms with Crippen LogP contribution in [0.25, 0.3) is 0 Å². The predicted molar refractivity (Wildman–Crippen MR) is 54.6 cm³/mol. The molecule has 0 radical (unpaired) electrons. The molecule has 0 atom stereocenters. The molecule has 14 heavy (non-hydrogen) atoms. The van der Waals surface area contributed by atoms with Crippen LogP contribution < -0.4 is 0 Å². The normalized spacial score (nSPS) is 9.07. The highest BCUT2D eigenvalue weighted by molar-refractivity contribution is 6.17. The standard InChI is InChI=1S/C11H9ClN2/c12-7-9-3-4-10(2-1-5-13)11(6-9)8-14/h3-4,6H,1-2,7H2. The van der Waals surface area contributed by atoms with E-state index in [4.69, 9.17) is 22.1 Å². The van der Waals surface area contributed by atoms with E-state index in [0.29, 0.717) is 24.3 Å². The molecule has 0 aliphatic heterocycles. The number of rotatable bonds is 3. The molecule has 1 rings (SSSR count). The van der Waals surface area contributed by atoms with Gasteiger partial charge >= 0.3 is 0 Å². The quantitative estimate of drug-likeness (QED) is 0.711. The van der Waals surface area contributed by atoms with Crippen molar-refractivity contribution in [1.29, 1.82) is 10.5 Å². The molecule has 0 aliphatic rings. The monoisotopic (exact) mass is 204 g/mol. The zero-order chi connectivity index (χ0) is 10.4. The maximum Gasteiger partial charge on any atom is 0.0994 e. The average Bonchev–Trinajstić information content (AvgIpc) is 2.26. The minimum absolute atomic E-state index is 0.410. The SMILES string of the molecule is N#CCCc1ccc(CCl)cc1C#N. The Morgan fingerprint density at radius 2 is 2.07 bits per heavy atom. The number of nitriles is 2. The van der Waals surface area contributed by atoms with Gasteiger partial charge in [0.1, 0.15) is 0 Å². The van der Waals surface area contributed by atoms with Gasteiger partial charge in [-0.3, -0.25) is 0 Å². The summed E-state index contributed by atoms with van der Waals surface area (Å²) in [5, 5.41) is 17.3. The molecule has 70 valence electrons. The number of alkyl halides is 1. The van der Waals surface area contributed by atoms with E-state index < -0.39 is 0 Å². The van der Waals surface area contributed by atoms with E-state index in [1.165, 1.54) is 0 Å². The first-order chi connectivity index (χ1) is 6.81. The first-order valence-electron chi connectivity index (χ1n) is 4.26. The fraction of sp³-hybridized carbons (Fsp3) is 0.273. The molecule has 0 amide bonds. The van der Waals surface area contributed by atoms with Crippen molar-refractivity contribution < 1.29 is 0 Å². The van der Waals surface area contributed by atoms with Crippen molar-refractivity contribution in [2.75, 3.05) is 0 Å². The van der Waals surface area contributed by atoms with Gasteiger partial charge in [0, 0.05) is 12.3 Å². The lowest BCUT2D eigenvalue weighted by atomic mass is 10.0. The van der Waals surface area contributed by atoms with Crippen LogP contribution in [0.3, 0.4) is 0 Å². The zero-order valence-electron chi connectivity index (χ0n) is 7.63. The molecule has 0 saturated heterocycles. The lowest BCUT2D eigenvalue weighted by molar-refractivity contribution is 1.00. The molecule has 0 fully saturated rings. The molecule has 0 aromatic heterocycles. The van der Waals surface area contributed by atoms with Gasteiger partial charge in [0.05, 0.1) is 17.7 Å². The maximum atomic E-state index is 8.86. The van der Waals surface area contributed by atoms with Crippen LogP contribution in [0.2, 0.25) is 0 Å². The molecule has 0 spiro atoms. The summed E-state index contributed by atoms with van der Waals surface area (Å²) in [7, 11) is 0. The molecule has 0 aliphatic carbocycles. The van der Waals surface area contributed by atoms with Crippen LogP contribution >= 0.6 is 11.6 Å². The van der Waals surface area contributed by atoms with Crippen molar-refractivity contribution in [3.8, 4) is 12.1 Å². The van der Waals surface area contributed by atoms with Crippen LogP contribution in [-0.4, -0.2) is 0 Å². The van der Waals surface area contributed by atoms with Gasteiger partial charge in [-0.1, -0.05) is 12.1 Å². The summed E-state index contributed by atoms with van der Waals surface area (Å²) in [4.78, 5) is 0. The minimum Gasteiger partial charge on any atom is -0.198 e. The van der Waals surface area contributed by atoms with Gasteiger partial charge in [-0.25, -0.2) is 0 Å². The maximum absolute atomic E-state index is 8.86. The largest absolute Gasteiger partial charge is 0.198 e. The number of benzene rings is 1. The summed E-state index contributed by atoms with van der Waals surface area (Å²) in [6, 6.07) is 9.71. The fourth-order valence-corrected chi connectivity index (χ4v) is 1.39. The van der Waals surface area contributed by atoms with E-state index in [-0.39, 0.29) is 0 Å². The molecule has 1 aromatic carbocycles. The van der Waals surface area contributed by atoms with Crippen LogP contribution in [0.5, 0.6) is 0 Å². The fourth-order valence-electron chi connectivity index (χ4n) is 1.22. The van der Waals surface area contributed by atoms with E-state index in [1.54, 1.807) is 6.07 Å². The molecular formula is C11H9ClN2. The number of aryl methyl sites for hydroxylation is 1. The second kappa shape index (κ2) is 5.27. The highest BCUT2D eigenvalue weighted by Crippen LogP contribution is 2.14. The van der Waals surface area contributed by atoms with E-state index in [0.717, 1.165) is 11.1 Å². The first-order valence-corrected chi connectivity index (χ1v) is 4.80. The minimum atomic E-state index is 0.410. The van der Waals surface area contributed by atoms with Crippen molar-refractivity contribution in [2.45, 2.75) is 18.7 Å². The number of hydrogen-bond acceptors (Lipinski definition) is 2. The molecule has 0 saturated carbocycles. The Balaban J connectivity index is 2.96. The third kappa shape index (κ3) is 2.49. The Bertz CT molecular complexity index is 399. The Morgan fingerprint density at radius 1 is 1.29 bits per heavy atom. The number of halogens is 1. The van der Waals surface area contributed by atoms with Gasteiger partial charge in [-0.2, -0.15) is 10.5 Å². The van der Waals surface area contributed by atoms with Crippen LogP contribution in [0.4, 0.5) is 0 Å². The smallest absolute Gasteiger partial charge is 0.0994 e. The molecule has 0 unspecified atom stereocenters.